The number of hydrogen-bond acceptors (Lipinski definition) is 3. The standard InChI is InChI=1S/C14H19ClO3/c1-4-14(17-6-7-18-14)11-9-12(15)10(3)8-13(11)16-5-2/h8-9H,4-7H2,1-3H3. The molecule has 1 fully saturated rings. The van der Waals surface area contributed by atoms with E-state index in [-0.39, 0.29) is 0 Å². The summed E-state index contributed by atoms with van der Waals surface area (Å²) in [4.78, 5) is 0. The van der Waals surface area contributed by atoms with Crippen LogP contribution >= 0.6 is 11.6 Å². The van der Waals surface area contributed by atoms with Gasteiger partial charge in [-0.1, -0.05) is 18.5 Å². The van der Waals surface area contributed by atoms with Gasteiger partial charge < -0.3 is 14.2 Å². The largest absolute Gasteiger partial charge is 0.493 e. The van der Waals surface area contributed by atoms with Crippen LogP contribution in [-0.4, -0.2) is 19.8 Å². The Labute approximate surface area is 113 Å². The summed E-state index contributed by atoms with van der Waals surface area (Å²) in [6, 6.07) is 3.85. The first-order chi connectivity index (χ1) is 8.63. The van der Waals surface area contributed by atoms with Gasteiger partial charge in [-0.05, 0) is 31.5 Å². The third-order valence-corrected chi connectivity index (χ3v) is 3.60. The van der Waals surface area contributed by atoms with Crippen LogP contribution in [0, 0.1) is 6.92 Å². The minimum Gasteiger partial charge on any atom is -0.493 e. The summed E-state index contributed by atoms with van der Waals surface area (Å²) in [7, 11) is 0. The van der Waals surface area contributed by atoms with Crippen molar-refractivity contribution < 1.29 is 14.2 Å². The van der Waals surface area contributed by atoms with Crippen LogP contribution in [0.1, 0.15) is 31.4 Å². The highest BCUT2D eigenvalue weighted by Gasteiger charge is 2.39. The molecule has 0 unspecified atom stereocenters. The molecule has 1 aliphatic rings. The van der Waals surface area contributed by atoms with Crippen LogP contribution in [-0.2, 0) is 15.3 Å². The summed E-state index contributed by atoms with van der Waals surface area (Å²) in [6.07, 6.45) is 0.729. The van der Waals surface area contributed by atoms with Crippen molar-refractivity contribution in [3.63, 3.8) is 0 Å². The smallest absolute Gasteiger partial charge is 0.198 e. The lowest BCUT2D eigenvalue weighted by Crippen LogP contribution is -2.27. The monoisotopic (exact) mass is 270 g/mol. The van der Waals surface area contributed by atoms with Crippen LogP contribution in [0.2, 0.25) is 5.02 Å². The second-order valence-corrected chi connectivity index (χ2v) is 4.74. The molecule has 1 aromatic carbocycles. The normalized spacial score (nSPS) is 18.0. The van der Waals surface area contributed by atoms with Gasteiger partial charge in [-0.25, -0.2) is 0 Å². The summed E-state index contributed by atoms with van der Waals surface area (Å²) >= 11 is 6.22. The first-order valence-electron chi connectivity index (χ1n) is 6.34. The molecule has 1 aliphatic heterocycles. The van der Waals surface area contributed by atoms with E-state index in [1.54, 1.807) is 0 Å². The van der Waals surface area contributed by atoms with Crippen LogP contribution < -0.4 is 4.74 Å². The Hall–Kier alpha value is -0.770. The molecule has 0 bridgehead atoms. The van der Waals surface area contributed by atoms with Gasteiger partial charge in [0.1, 0.15) is 5.75 Å². The highest BCUT2D eigenvalue weighted by molar-refractivity contribution is 6.31. The number of aryl methyl sites for hydroxylation is 1. The maximum atomic E-state index is 6.22. The molecule has 0 spiro atoms. The van der Waals surface area contributed by atoms with Gasteiger partial charge in [-0.3, -0.25) is 0 Å². The Kier molecular flexibility index (Phi) is 4.15. The third-order valence-electron chi connectivity index (χ3n) is 3.19. The van der Waals surface area contributed by atoms with Crippen LogP contribution in [0.15, 0.2) is 12.1 Å². The van der Waals surface area contributed by atoms with Crippen molar-refractivity contribution in [1.29, 1.82) is 0 Å². The van der Waals surface area contributed by atoms with Gasteiger partial charge in [0.05, 0.1) is 25.4 Å². The van der Waals surface area contributed by atoms with Crippen molar-refractivity contribution in [1.82, 2.24) is 0 Å². The predicted octanol–water partition coefficient (Wildman–Crippen LogP) is 3.66. The SMILES string of the molecule is CCOc1cc(C)c(Cl)cc1C1(CC)OCCO1. The van der Waals surface area contributed by atoms with E-state index in [0.29, 0.717) is 24.8 Å². The fourth-order valence-electron chi connectivity index (χ4n) is 2.23. The van der Waals surface area contributed by atoms with E-state index in [9.17, 15) is 0 Å². The summed E-state index contributed by atoms with van der Waals surface area (Å²) in [5, 5.41) is 0.709. The third kappa shape index (κ3) is 2.35. The zero-order valence-corrected chi connectivity index (χ0v) is 11.8. The van der Waals surface area contributed by atoms with Crippen LogP contribution in [0.25, 0.3) is 0 Å². The fourth-order valence-corrected chi connectivity index (χ4v) is 2.40. The van der Waals surface area contributed by atoms with E-state index in [2.05, 4.69) is 0 Å². The molecule has 2 rings (SSSR count). The van der Waals surface area contributed by atoms with Crippen molar-refractivity contribution in [3.8, 4) is 5.75 Å². The molecular weight excluding hydrogens is 252 g/mol. The highest BCUT2D eigenvalue weighted by atomic mass is 35.5. The molecule has 0 amide bonds. The molecule has 0 atom stereocenters. The van der Waals surface area contributed by atoms with Gasteiger partial charge in [0.25, 0.3) is 0 Å². The quantitative estimate of drug-likeness (QED) is 0.836. The van der Waals surface area contributed by atoms with E-state index >= 15 is 0 Å². The average molecular weight is 271 g/mol. The van der Waals surface area contributed by atoms with E-state index in [1.807, 2.05) is 32.9 Å². The number of benzene rings is 1. The van der Waals surface area contributed by atoms with Crippen molar-refractivity contribution in [2.75, 3.05) is 19.8 Å². The van der Waals surface area contributed by atoms with Gasteiger partial charge >= 0.3 is 0 Å². The zero-order chi connectivity index (χ0) is 13.2. The van der Waals surface area contributed by atoms with Gasteiger partial charge in [0, 0.05) is 11.4 Å². The van der Waals surface area contributed by atoms with Gasteiger partial charge in [0.15, 0.2) is 5.79 Å². The number of ether oxygens (including phenoxy) is 3. The molecule has 0 aromatic heterocycles. The van der Waals surface area contributed by atoms with Gasteiger partial charge in [-0.15, -0.1) is 0 Å². The lowest BCUT2D eigenvalue weighted by Gasteiger charge is -2.28. The van der Waals surface area contributed by atoms with E-state index in [1.165, 1.54) is 0 Å². The van der Waals surface area contributed by atoms with E-state index in [4.69, 9.17) is 25.8 Å². The molecule has 1 heterocycles. The molecular formula is C14H19ClO3. The topological polar surface area (TPSA) is 27.7 Å². The van der Waals surface area contributed by atoms with Crippen LogP contribution in [0.5, 0.6) is 5.75 Å². The van der Waals surface area contributed by atoms with Crippen LogP contribution in [0.4, 0.5) is 0 Å². The Morgan fingerprint density at radius 3 is 2.50 bits per heavy atom. The predicted molar refractivity (Wildman–Crippen MR) is 71.2 cm³/mol. The Bertz CT molecular complexity index is 425. The van der Waals surface area contributed by atoms with E-state index < -0.39 is 5.79 Å². The number of halogens is 1. The van der Waals surface area contributed by atoms with E-state index in [0.717, 1.165) is 23.3 Å². The Morgan fingerprint density at radius 1 is 1.28 bits per heavy atom. The molecule has 0 saturated carbocycles. The molecule has 3 nitrogen and oxygen atoms in total. The molecule has 0 N–H and O–H groups in total. The molecule has 1 aromatic rings. The molecule has 1 saturated heterocycles. The van der Waals surface area contributed by atoms with Gasteiger partial charge in [-0.2, -0.15) is 0 Å². The molecule has 0 aliphatic carbocycles. The van der Waals surface area contributed by atoms with Gasteiger partial charge in [0.2, 0.25) is 0 Å². The molecule has 4 heteroatoms. The maximum absolute atomic E-state index is 6.22. The lowest BCUT2D eigenvalue weighted by atomic mass is 10.00. The number of hydrogen-bond donors (Lipinski definition) is 0. The summed E-state index contributed by atoms with van der Waals surface area (Å²) in [5.41, 5.74) is 1.88. The van der Waals surface area contributed by atoms with Crippen molar-refractivity contribution >= 4 is 11.6 Å². The maximum Gasteiger partial charge on any atom is 0.198 e. The number of rotatable bonds is 4. The van der Waals surface area contributed by atoms with Crippen LogP contribution in [0.3, 0.4) is 0 Å². The minimum atomic E-state index is -0.707. The second kappa shape index (κ2) is 5.47. The summed E-state index contributed by atoms with van der Waals surface area (Å²) in [6.45, 7) is 7.77. The minimum absolute atomic E-state index is 0.602. The Morgan fingerprint density at radius 2 is 1.94 bits per heavy atom. The molecule has 0 radical (unpaired) electrons. The fraction of sp³-hybridized carbons (Fsp3) is 0.571. The molecule has 100 valence electrons. The second-order valence-electron chi connectivity index (χ2n) is 4.33. The first kappa shape index (κ1) is 13.7. The Balaban J connectivity index is 2.50. The van der Waals surface area contributed by atoms with Crippen molar-refractivity contribution in [3.05, 3.63) is 28.3 Å². The average Bonchev–Trinajstić information content (AvgIpc) is 2.83. The van der Waals surface area contributed by atoms with Crippen molar-refractivity contribution in [2.24, 2.45) is 0 Å². The highest BCUT2D eigenvalue weighted by Crippen LogP contribution is 2.42. The first-order valence-corrected chi connectivity index (χ1v) is 6.72. The zero-order valence-electron chi connectivity index (χ0n) is 11.1. The molecule has 18 heavy (non-hydrogen) atoms. The van der Waals surface area contributed by atoms with Crippen molar-refractivity contribution in [2.45, 2.75) is 33.0 Å². The lowest BCUT2D eigenvalue weighted by molar-refractivity contribution is -0.168. The summed E-state index contributed by atoms with van der Waals surface area (Å²) < 4.78 is 17.3. The summed E-state index contributed by atoms with van der Waals surface area (Å²) in [5.74, 6) is 0.0881.